The van der Waals surface area contributed by atoms with Crippen LogP contribution >= 0.6 is 0 Å². The van der Waals surface area contributed by atoms with Crippen LogP contribution in [0.4, 0.5) is 4.79 Å². The summed E-state index contributed by atoms with van der Waals surface area (Å²) in [6.45, 7) is 2.06. The number of methoxy groups -OCH3 is 1. The third-order valence-electron chi connectivity index (χ3n) is 3.28. The van der Waals surface area contributed by atoms with Crippen molar-refractivity contribution in [3.05, 3.63) is 23.8 Å². The highest BCUT2D eigenvalue weighted by molar-refractivity contribution is 5.98. The van der Waals surface area contributed by atoms with Crippen LogP contribution in [0.2, 0.25) is 0 Å². The molecule has 0 unspecified atom stereocenters. The average molecular weight is 308 g/mol. The van der Waals surface area contributed by atoms with Gasteiger partial charge in [-0.15, -0.1) is 0 Å². The number of carbonyl (C=O) groups is 2. The van der Waals surface area contributed by atoms with Crippen molar-refractivity contribution in [1.82, 2.24) is 9.80 Å². The lowest BCUT2D eigenvalue weighted by Gasteiger charge is -2.27. The molecule has 0 saturated carbocycles. The van der Waals surface area contributed by atoms with Gasteiger partial charge in [-0.25, -0.2) is 4.79 Å². The van der Waals surface area contributed by atoms with Crippen molar-refractivity contribution in [1.29, 1.82) is 0 Å². The number of nitrogens with zero attached hydrogens (tertiary/aromatic N) is 2. The van der Waals surface area contributed by atoms with Crippen LogP contribution in [0.1, 0.15) is 10.4 Å². The topological polar surface area (TPSA) is 68.3 Å². The third-order valence-corrected chi connectivity index (χ3v) is 3.28. The number of carbonyl (C=O) groups excluding carboxylic acids is 2. The molecule has 0 radical (unpaired) electrons. The Morgan fingerprint density at radius 3 is 2.50 bits per heavy atom. The summed E-state index contributed by atoms with van der Waals surface area (Å²) in [5.41, 5.74) is 0.331. The molecule has 1 saturated heterocycles. The fourth-order valence-electron chi connectivity index (χ4n) is 2.01. The first-order valence-corrected chi connectivity index (χ1v) is 6.97. The number of benzene rings is 1. The van der Waals surface area contributed by atoms with E-state index in [-0.39, 0.29) is 11.7 Å². The SMILES string of the molecule is COc1ccc(C(=O)N2CCOCC2)c(OC(=O)N(C)C)c1. The van der Waals surface area contributed by atoms with Gasteiger partial charge in [0.1, 0.15) is 11.5 Å². The molecule has 0 aliphatic carbocycles. The molecule has 0 aromatic heterocycles. The highest BCUT2D eigenvalue weighted by atomic mass is 16.6. The molecule has 1 aliphatic heterocycles. The Morgan fingerprint density at radius 2 is 1.91 bits per heavy atom. The summed E-state index contributed by atoms with van der Waals surface area (Å²) in [7, 11) is 4.66. The van der Waals surface area contributed by atoms with Gasteiger partial charge < -0.3 is 24.0 Å². The van der Waals surface area contributed by atoms with E-state index in [1.165, 1.54) is 18.1 Å². The summed E-state index contributed by atoms with van der Waals surface area (Å²) >= 11 is 0. The molecule has 2 rings (SSSR count). The van der Waals surface area contributed by atoms with E-state index in [9.17, 15) is 9.59 Å². The van der Waals surface area contributed by atoms with E-state index in [1.807, 2.05) is 0 Å². The molecular formula is C15H20N2O5. The second-order valence-corrected chi connectivity index (χ2v) is 5.03. The molecular weight excluding hydrogens is 288 g/mol. The van der Waals surface area contributed by atoms with Gasteiger partial charge in [0.15, 0.2) is 0 Å². The summed E-state index contributed by atoms with van der Waals surface area (Å²) in [6.07, 6.45) is -0.552. The zero-order chi connectivity index (χ0) is 16.1. The van der Waals surface area contributed by atoms with Crippen LogP contribution in [0.15, 0.2) is 18.2 Å². The zero-order valence-corrected chi connectivity index (χ0v) is 13.0. The van der Waals surface area contributed by atoms with Gasteiger partial charge in [0.25, 0.3) is 5.91 Å². The molecule has 2 amide bonds. The van der Waals surface area contributed by atoms with E-state index in [2.05, 4.69) is 0 Å². The Labute approximate surface area is 129 Å². The van der Waals surface area contributed by atoms with E-state index < -0.39 is 6.09 Å². The molecule has 0 spiro atoms. The predicted molar refractivity (Wildman–Crippen MR) is 79.4 cm³/mol. The van der Waals surface area contributed by atoms with Gasteiger partial charge in [-0.3, -0.25) is 4.79 Å². The summed E-state index contributed by atoms with van der Waals surface area (Å²) in [6, 6.07) is 4.81. The van der Waals surface area contributed by atoms with E-state index in [1.54, 1.807) is 31.1 Å². The van der Waals surface area contributed by atoms with Gasteiger partial charge in [-0.05, 0) is 12.1 Å². The normalized spacial score (nSPS) is 14.4. The average Bonchev–Trinajstić information content (AvgIpc) is 2.54. The van der Waals surface area contributed by atoms with Crippen LogP contribution < -0.4 is 9.47 Å². The van der Waals surface area contributed by atoms with Crippen molar-refractivity contribution in [2.75, 3.05) is 47.5 Å². The van der Waals surface area contributed by atoms with E-state index in [0.29, 0.717) is 37.6 Å². The molecule has 7 nitrogen and oxygen atoms in total. The lowest BCUT2D eigenvalue weighted by Crippen LogP contribution is -2.41. The highest BCUT2D eigenvalue weighted by Gasteiger charge is 2.23. The van der Waals surface area contributed by atoms with Crippen molar-refractivity contribution in [2.45, 2.75) is 0 Å². The van der Waals surface area contributed by atoms with Crippen LogP contribution in [0.5, 0.6) is 11.5 Å². The van der Waals surface area contributed by atoms with Gasteiger partial charge >= 0.3 is 6.09 Å². The molecule has 120 valence electrons. The van der Waals surface area contributed by atoms with E-state index in [4.69, 9.17) is 14.2 Å². The van der Waals surface area contributed by atoms with Gasteiger partial charge in [-0.1, -0.05) is 0 Å². The van der Waals surface area contributed by atoms with Gasteiger partial charge in [0, 0.05) is 33.3 Å². The maximum Gasteiger partial charge on any atom is 0.414 e. The summed E-state index contributed by atoms with van der Waals surface area (Å²) in [5.74, 6) is 0.516. The molecule has 22 heavy (non-hydrogen) atoms. The number of hydrogen-bond donors (Lipinski definition) is 0. The first-order valence-electron chi connectivity index (χ1n) is 6.97. The molecule has 7 heteroatoms. The number of hydrogen-bond acceptors (Lipinski definition) is 5. The second-order valence-electron chi connectivity index (χ2n) is 5.03. The maximum atomic E-state index is 12.6. The fourth-order valence-corrected chi connectivity index (χ4v) is 2.01. The van der Waals surface area contributed by atoms with E-state index >= 15 is 0 Å². The Hall–Kier alpha value is -2.28. The Balaban J connectivity index is 2.28. The minimum Gasteiger partial charge on any atom is -0.497 e. The molecule has 1 aromatic rings. The smallest absolute Gasteiger partial charge is 0.414 e. The van der Waals surface area contributed by atoms with Crippen molar-refractivity contribution in [3.63, 3.8) is 0 Å². The van der Waals surface area contributed by atoms with Crippen molar-refractivity contribution in [2.24, 2.45) is 0 Å². The number of morpholine rings is 1. The Morgan fingerprint density at radius 1 is 1.23 bits per heavy atom. The molecule has 1 aromatic carbocycles. The molecule has 1 heterocycles. The molecule has 1 aliphatic rings. The minimum atomic E-state index is -0.552. The van der Waals surface area contributed by atoms with Crippen molar-refractivity contribution < 1.29 is 23.8 Å². The quantitative estimate of drug-likeness (QED) is 0.840. The number of amides is 2. The zero-order valence-electron chi connectivity index (χ0n) is 13.0. The Kier molecular flexibility index (Phi) is 5.21. The van der Waals surface area contributed by atoms with Crippen LogP contribution in [0.25, 0.3) is 0 Å². The number of rotatable bonds is 3. The minimum absolute atomic E-state index is 0.187. The standard InChI is InChI=1S/C15H20N2O5/c1-16(2)15(19)22-13-10-11(20-3)4-5-12(13)14(18)17-6-8-21-9-7-17/h4-5,10H,6-9H2,1-3H3. The molecule has 1 fully saturated rings. The lowest BCUT2D eigenvalue weighted by atomic mass is 10.1. The summed E-state index contributed by atoms with van der Waals surface area (Å²) in [5, 5.41) is 0. The summed E-state index contributed by atoms with van der Waals surface area (Å²) in [4.78, 5) is 27.4. The van der Waals surface area contributed by atoms with Crippen LogP contribution in [-0.2, 0) is 4.74 Å². The maximum absolute atomic E-state index is 12.6. The largest absolute Gasteiger partial charge is 0.497 e. The third kappa shape index (κ3) is 3.67. The Bertz CT molecular complexity index is 553. The van der Waals surface area contributed by atoms with E-state index in [0.717, 1.165) is 0 Å². The fraction of sp³-hybridized carbons (Fsp3) is 0.467. The number of ether oxygens (including phenoxy) is 3. The molecule has 0 atom stereocenters. The predicted octanol–water partition coefficient (Wildman–Crippen LogP) is 1.23. The van der Waals surface area contributed by atoms with Crippen LogP contribution in [-0.4, -0.2) is 69.3 Å². The first-order chi connectivity index (χ1) is 10.5. The monoisotopic (exact) mass is 308 g/mol. The summed E-state index contributed by atoms with van der Waals surface area (Å²) < 4.78 is 15.7. The highest BCUT2D eigenvalue weighted by Crippen LogP contribution is 2.27. The molecule has 0 bridgehead atoms. The van der Waals surface area contributed by atoms with Crippen molar-refractivity contribution in [3.8, 4) is 11.5 Å². The van der Waals surface area contributed by atoms with Crippen molar-refractivity contribution >= 4 is 12.0 Å². The van der Waals surface area contributed by atoms with Crippen LogP contribution in [0, 0.1) is 0 Å². The van der Waals surface area contributed by atoms with Gasteiger partial charge in [0.05, 0.1) is 25.9 Å². The first kappa shape index (κ1) is 16.1. The molecule has 0 N–H and O–H groups in total. The second kappa shape index (κ2) is 7.13. The van der Waals surface area contributed by atoms with Gasteiger partial charge in [-0.2, -0.15) is 0 Å². The van der Waals surface area contributed by atoms with Gasteiger partial charge in [0.2, 0.25) is 0 Å². The van der Waals surface area contributed by atoms with Crippen LogP contribution in [0.3, 0.4) is 0 Å². The lowest BCUT2D eigenvalue weighted by molar-refractivity contribution is 0.0301.